The predicted octanol–water partition coefficient (Wildman–Crippen LogP) is 4.21. The molecule has 152 valence electrons. The van der Waals surface area contributed by atoms with Crippen LogP contribution in [0.25, 0.3) is 21.8 Å². The van der Waals surface area contributed by atoms with Crippen LogP contribution in [0.1, 0.15) is 12.5 Å². The van der Waals surface area contributed by atoms with Crippen molar-refractivity contribution in [2.24, 2.45) is 0 Å². The molecule has 29 heavy (non-hydrogen) atoms. The molecule has 0 saturated heterocycles. The Hall–Kier alpha value is -2.58. The Bertz CT molecular complexity index is 1160. The number of hydrogen-bond donors (Lipinski definition) is 0. The lowest BCUT2D eigenvalue weighted by molar-refractivity contribution is 0.356. The molecule has 8 heteroatoms. The molecule has 0 bridgehead atoms. The van der Waals surface area contributed by atoms with Crippen LogP contribution >= 0.6 is 11.3 Å². The van der Waals surface area contributed by atoms with E-state index in [4.69, 9.17) is 14.5 Å². The Morgan fingerprint density at radius 2 is 2.00 bits per heavy atom. The highest BCUT2D eigenvalue weighted by molar-refractivity contribution is 7.92. The van der Waals surface area contributed by atoms with Crippen molar-refractivity contribution in [1.29, 1.82) is 0 Å². The Balaban J connectivity index is 1.69. The summed E-state index contributed by atoms with van der Waals surface area (Å²) in [4.78, 5) is 4.80. The first-order valence-electron chi connectivity index (χ1n) is 9.29. The molecular weight excluding hydrogens is 408 g/mol. The van der Waals surface area contributed by atoms with Gasteiger partial charge in [0.2, 0.25) is 10.0 Å². The average Bonchev–Trinajstić information content (AvgIpc) is 3.40. The molecule has 0 spiro atoms. The van der Waals surface area contributed by atoms with Crippen molar-refractivity contribution in [3.63, 3.8) is 0 Å². The lowest BCUT2D eigenvalue weighted by Crippen LogP contribution is -2.30. The molecule has 0 unspecified atom stereocenters. The number of nitrogens with zero attached hydrogens (tertiary/aromatic N) is 2. The van der Waals surface area contributed by atoms with Gasteiger partial charge in [-0.25, -0.2) is 13.4 Å². The highest BCUT2D eigenvalue weighted by atomic mass is 32.2. The molecule has 0 aliphatic carbocycles. The molecule has 0 amide bonds. The number of anilines is 1. The Labute approximate surface area is 174 Å². The van der Waals surface area contributed by atoms with Crippen LogP contribution in [0, 0.1) is 0 Å². The zero-order valence-electron chi connectivity index (χ0n) is 16.5. The van der Waals surface area contributed by atoms with Crippen LogP contribution in [0.4, 0.5) is 5.69 Å². The molecule has 1 aliphatic heterocycles. The summed E-state index contributed by atoms with van der Waals surface area (Å²) in [6, 6.07) is 11.6. The number of ether oxygens (including phenoxy) is 2. The van der Waals surface area contributed by atoms with Gasteiger partial charge in [-0.3, -0.25) is 4.31 Å². The molecule has 2 aromatic carbocycles. The average molecular weight is 431 g/mol. The lowest BCUT2D eigenvalue weighted by Gasteiger charge is -2.18. The number of rotatable bonds is 6. The standard InChI is InChI=1S/C21H22N2O4S2/c1-4-29(24,25)23-11-10-15-12-14(8-9-18(15)23)17-13-28-21(22-17)16-6-5-7-19(26-2)20(16)27-3/h5-9,12-13H,4,10-11H2,1-3H3. The van der Waals surface area contributed by atoms with E-state index in [0.29, 0.717) is 24.5 Å². The van der Waals surface area contributed by atoms with E-state index in [2.05, 4.69) is 0 Å². The van der Waals surface area contributed by atoms with Crippen LogP contribution in [0.3, 0.4) is 0 Å². The Morgan fingerprint density at radius 1 is 1.17 bits per heavy atom. The molecule has 2 heterocycles. The van der Waals surface area contributed by atoms with E-state index in [0.717, 1.165) is 33.1 Å². The van der Waals surface area contributed by atoms with Gasteiger partial charge in [-0.2, -0.15) is 0 Å². The molecule has 1 aromatic heterocycles. The molecule has 3 aromatic rings. The van der Waals surface area contributed by atoms with E-state index < -0.39 is 10.0 Å². The van der Waals surface area contributed by atoms with Crippen molar-refractivity contribution in [3.05, 3.63) is 47.3 Å². The molecular formula is C21H22N2O4S2. The number of para-hydroxylation sites is 1. The third-order valence-electron chi connectivity index (χ3n) is 5.07. The first kappa shape index (κ1) is 19.7. The zero-order chi connectivity index (χ0) is 20.6. The number of aromatic nitrogens is 1. The van der Waals surface area contributed by atoms with Gasteiger partial charge in [0.05, 0.1) is 36.9 Å². The molecule has 4 rings (SSSR count). The van der Waals surface area contributed by atoms with Gasteiger partial charge in [-0.05, 0) is 43.2 Å². The zero-order valence-corrected chi connectivity index (χ0v) is 18.1. The van der Waals surface area contributed by atoms with Crippen LogP contribution in [0.5, 0.6) is 11.5 Å². The Kier molecular flexibility index (Phi) is 5.23. The quantitative estimate of drug-likeness (QED) is 0.586. The molecule has 0 N–H and O–H groups in total. The van der Waals surface area contributed by atoms with E-state index in [1.807, 2.05) is 41.8 Å². The number of benzene rings is 2. The maximum Gasteiger partial charge on any atom is 0.234 e. The summed E-state index contributed by atoms with van der Waals surface area (Å²) in [6.07, 6.45) is 0.711. The largest absolute Gasteiger partial charge is 0.493 e. The summed E-state index contributed by atoms with van der Waals surface area (Å²) < 4.78 is 37.0. The van der Waals surface area contributed by atoms with E-state index in [-0.39, 0.29) is 5.75 Å². The lowest BCUT2D eigenvalue weighted by atomic mass is 10.1. The van der Waals surface area contributed by atoms with Crippen molar-refractivity contribution >= 4 is 27.0 Å². The topological polar surface area (TPSA) is 68.7 Å². The summed E-state index contributed by atoms with van der Waals surface area (Å²) in [5.74, 6) is 1.42. The fraction of sp³-hybridized carbons (Fsp3) is 0.286. The number of fused-ring (bicyclic) bond motifs is 1. The second-order valence-corrected chi connectivity index (χ2v) is 9.69. The summed E-state index contributed by atoms with van der Waals surface area (Å²) in [7, 11) is -0.0109. The van der Waals surface area contributed by atoms with Gasteiger partial charge in [0.25, 0.3) is 0 Å². The first-order chi connectivity index (χ1) is 14.0. The summed E-state index contributed by atoms with van der Waals surface area (Å²) in [5.41, 5.74) is 4.52. The van der Waals surface area contributed by atoms with Crippen molar-refractivity contribution in [2.45, 2.75) is 13.3 Å². The van der Waals surface area contributed by atoms with Crippen LogP contribution in [0.2, 0.25) is 0 Å². The maximum absolute atomic E-state index is 12.3. The molecule has 0 radical (unpaired) electrons. The third kappa shape index (κ3) is 3.47. The third-order valence-corrected chi connectivity index (χ3v) is 7.72. The van der Waals surface area contributed by atoms with E-state index in [9.17, 15) is 8.42 Å². The van der Waals surface area contributed by atoms with Gasteiger partial charge in [0.15, 0.2) is 11.5 Å². The van der Waals surface area contributed by atoms with Gasteiger partial charge in [-0.15, -0.1) is 11.3 Å². The van der Waals surface area contributed by atoms with Crippen molar-refractivity contribution < 1.29 is 17.9 Å². The van der Waals surface area contributed by atoms with E-state index in [1.165, 1.54) is 15.6 Å². The highest BCUT2D eigenvalue weighted by Gasteiger charge is 2.28. The van der Waals surface area contributed by atoms with Crippen LogP contribution in [0.15, 0.2) is 41.8 Å². The smallest absolute Gasteiger partial charge is 0.234 e. The number of sulfonamides is 1. The minimum atomic E-state index is -3.24. The fourth-order valence-electron chi connectivity index (χ4n) is 3.56. The normalized spacial score (nSPS) is 13.4. The maximum atomic E-state index is 12.3. The van der Waals surface area contributed by atoms with E-state index >= 15 is 0 Å². The van der Waals surface area contributed by atoms with Crippen molar-refractivity contribution in [1.82, 2.24) is 4.98 Å². The minimum absolute atomic E-state index is 0.103. The fourth-order valence-corrected chi connectivity index (χ4v) is 5.57. The van der Waals surface area contributed by atoms with Crippen LogP contribution in [-0.4, -0.2) is 39.9 Å². The molecule has 6 nitrogen and oxygen atoms in total. The number of hydrogen-bond acceptors (Lipinski definition) is 6. The highest BCUT2D eigenvalue weighted by Crippen LogP contribution is 2.41. The second-order valence-electron chi connectivity index (χ2n) is 6.65. The summed E-state index contributed by atoms with van der Waals surface area (Å²) >= 11 is 1.53. The minimum Gasteiger partial charge on any atom is -0.493 e. The van der Waals surface area contributed by atoms with Gasteiger partial charge < -0.3 is 9.47 Å². The van der Waals surface area contributed by atoms with E-state index in [1.54, 1.807) is 21.1 Å². The summed E-state index contributed by atoms with van der Waals surface area (Å²) in [6.45, 7) is 2.17. The Morgan fingerprint density at radius 3 is 2.72 bits per heavy atom. The van der Waals surface area contributed by atoms with Crippen LogP contribution < -0.4 is 13.8 Å². The van der Waals surface area contributed by atoms with Gasteiger partial charge in [0.1, 0.15) is 5.01 Å². The second kappa shape index (κ2) is 7.68. The first-order valence-corrected chi connectivity index (χ1v) is 11.8. The monoisotopic (exact) mass is 430 g/mol. The van der Waals surface area contributed by atoms with Gasteiger partial charge in [-0.1, -0.05) is 12.1 Å². The molecule has 1 aliphatic rings. The summed E-state index contributed by atoms with van der Waals surface area (Å²) in [5, 5.41) is 2.84. The van der Waals surface area contributed by atoms with Gasteiger partial charge in [0, 0.05) is 17.5 Å². The van der Waals surface area contributed by atoms with Crippen molar-refractivity contribution in [2.75, 3.05) is 30.8 Å². The molecule has 0 fully saturated rings. The number of thiazole rings is 1. The van der Waals surface area contributed by atoms with Crippen molar-refractivity contribution in [3.8, 4) is 33.3 Å². The van der Waals surface area contributed by atoms with Crippen LogP contribution in [-0.2, 0) is 16.4 Å². The number of methoxy groups -OCH3 is 2. The molecule has 0 saturated carbocycles. The predicted molar refractivity (Wildman–Crippen MR) is 117 cm³/mol. The molecule has 0 atom stereocenters. The SMILES string of the molecule is CCS(=O)(=O)N1CCc2cc(-c3csc(-c4cccc(OC)c4OC)n3)ccc21. The van der Waals surface area contributed by atoms with Gasteiger partial charge >= 0.3 is 0 Å².